The number of hydrogen-bond acceptors (Lipinski definition) is 4. The van der Waals surface area contributed by atoms with Crippen molar-refractivity contribution in [1.29, 1.82) is 0 Å². The molecule has 0 aliphatic heterocycles. The SMILES string of the molecule is O=C(O)c1ccc(F)c(S(=O)(=O)CCc2ccccn2)c1. The van der Waals surface area contributed by atoms with Gasteiger partial charge in [0.2, 0.25) is 0 Å². The highest BCUT2D eigenvalue weighted by Gasteiger charge is 2.21. The summed E-state index contributed by atoms with van der Waals surface area (Å²) in [4.78, 5) is 14.2. The van der Waals surface area contributed by atoms with Gasteiger partial charge in [0.05, 0.1) is 11.3 Å². The molecule has 110 valence electrons. The molecule has 0 saturated carbocycles. The summed E-state index contributed by atoms with van der Waals surface area (Å²) in [6, 6.07) is 7.80. The minimum atomic E-state index is -3.92. The molecule has 0 fully saturated rings. The van der Waals surface area contributed by atoms with Crippen molar-refractivity contribution >= 4 is 15.8 Å². The van der Waals surface area contributed by atoms with Crippen molar-refractivity contribution in [2.75, 3.05) is 5.75 Å². The minimum absolute atomic E-state index is 0.125. The van der Waals surface area contributed by atoms with Crippen LogP contribution >= 0.6 is 0 Å². The summed E-state index contributed by atoms with van der Waals surface area (Å²) in [7, 11) is -3.92. The molecule has 1 aromatic carbocycles. The van der Waals surface area contributed by atoms with Crippen molar-refractivity contribution in [2.24, 2.45) is 0 Å². The predicted octanol–water partition coefficient (Wildman–Crippen LogP) is 1.94. The average molecular weight is 309 g/mol. The van der Waals surface area contributed by atoms with Gasteiger partial charge in [0, 0.05) is 18.3 Å². The van der Waals surface area contributed by atoms with Crippen LogP contribution in [0.5, 0.6) is 0 Å². The molecular weight excluding hydrogens is 297 g/mol. The largest absolute Gasteiger partial charge is 0.478 e. The third-order valence-corrected chi connectivity index (χ3v) is 4.59. The molecule has 0 unspecified atom stereocenters. The van der Waals surface area contributed by atoms with Crippen molar-refractivity contribution in [3.63, 3.8) is 0 Å². The number of halogens is 1. The smallest absolute Gasteiger partial charge is 0.335 e. The van der Waals surface area contributed by atoms with E-state index < -0.39 is 26.5 Å². The van der Waals surface area contributed by atoms with Gasteiger partial charge < -0.3 is 5.11 Å². The van der Waals surface area contributed by atoms with E-state index in [1.54, 1.807) is 18.2 Å². The molecular formula is C14H12FNO4S. The molecule has 0 bridgehead atoms. The zero-order valence-corrected chi connectivity index (χ0v) is 11.7. The Balaban J connectivity index is 2.27. The molecule has 5 nitrogen and oxygen atoms in total. The number of aryl methyl sites for hydroxylation is 1. The third kappa shape index (κ3) is 3.63. The molecule has 2 rings (SSSR count). The molecule has 0 atom stereocenters. The van der Waals surface area contributed by atoms with Gasteiger partial charge in [0.15, 0.2) is 9.84 Å². The molecule has 0 aliphatic carbocycles. The number of carboxylic acids is 1. The second-order valence-corrected chi connectivity index (χ2v) is 6.42. The minimum Gasteiger partial charge on any atom is -0.478 e. The topological polar surface area (TPSA) is 84.3 Å². The van der Waals surface area contributed by atoms with E-state index in [2.05, 4.69) is 4.98 Å². The quantitative estimate of drug-likeness (QED) is 0.912. The number of nitrogens with zero attached hydrogens (tertiary/aromatic N) is 1. The molecule has 1 heterocycles. The lowest BCUT2D eigenvalue weighted by Gasteiger charge is -2.06. The lowest BCUT2D eigenvalue weighted by molar-refractivity contribution is 0.0696. The second kappa shape index (κ2) is 6.01. The molecule has 2 aromatic rings. The second-order valence-electron chi connectivity index (χ2n) is 4.34. The number of benzene rings is 1. The number of rotatable bonds is 5. The number of aromatic carboxylic acids is 1. The van der Waals surface area contributed by atoms with E-state index in [0.29, 0.717) is 5.69 Å². The van der Waals surface area contributed by atoms with Crippen LogP contribution in [-0.2, 0) is 16.3 Å². The van der Waals surface area contributed by atoms with Gasteiger partial charge in [0.1, 0.15) is 10.7 Å². The van der Waals surface area contributed by atoms with Crippen LogP contribution in [0.1, 0.15) is 16.1 Å². The molecule has 0 radical (unpaired) electrons. The van der Waals surface area contributed by atoms with E-state index >= 15 is 0 Å². The van der Waals surface area contributed by atoms with E-state index in [-0.39, 0.29) is 17.7 Å². The lowest BCUT2D eigenvalue weighted by atomic mass is 10.2. The highest BCUT2D eigenvalue weighted by Crippen LogP contribution is 2.19. The van der Waals surface area contributed by atoms with Crippen LogP contribution in [0.25, 0.3) is 0 Å². The third-order valence-electron chi connectivity index (χ3n) is 2.87. The summed E-state index contributed by atoms with van der Waals surface area (Å²) in [5.41, 5.74) is 0.295. The lowest BCUT2D eigenvalue weighted by Crippen LogP contribution is -2.13. The monoisotopic (exact) mass is 309 g/mol. The van der Waals surface area contributed by atoms with Crippen molar-refractivity contribution in [2.45, 2.75) is 11.3 Å². The number of pyridine rings is 1. The molecule has 0 amide bonds. The first-order chi connectivity index (χ1) is 9.90. The van der Waals surface area contributed by atoms with Crippen molar-refractivity contribution in [1.82, 2.24) is 4.98 Å². The number of aromatic nitrogens is 1. The summed E-state index contributed by atoms with van der Waals surface area (Å²) in [6.07, 6.45) is 1.66. The fourth-order valence-electron chi connectivity index (χ4n) is 1.77. The molecule has 0 saturated heterocycles. The first kappa shape index (κ1) is 15.1. The van der Waals surface area contributed by atoms with Crippen LogP contribution in [0.15, 0.2) is 47.5 Å². The predicted molar refractivity (Wildman–Crippen MR) is 73.4 cm³/mol. The van der Waals surface area contributed by atoms with Crippen LogP contribution < -0.4 is 0 Å². The van der Waals surface area contributed by atoms with Gasteiger partial charge in [-0.05, 0) is 30.3 Å². The Morgan fingerprint density at radius 3 is 2.62 bits per heavy atom. The van der Waals surface area contributed by atoms with Gasteiger partial charge >= 0.3 is 5.97 Å². The first-order valence-electron chi connectivity index (χ1n) is 6.05. The van der Waals surface area contributed by atoms with E-state index in [0.717, 1.165) is 18.2 Å². The summed E-state index contributed by atoms with van der Waals surface area (Å²) in [5.74, 6) is -2.61. The van der Waals surface area contributed by atoms with E-state index in [4.69, 9.17) is 5.11 Å². The van der Waals surface area contributed by atoms with E-state index in [9.17, 15) is 17.6 Å². The van der Waals surface area contributed by atoms with Gasteiger partial charge in [-0.2, -0.15) is 0 Å². The Labute approximate surface area is 121 Å². The number of hydrogen-bond donors (Lipinski definition) is 1. The van der Waals surface area contributed by atoms with Gasteiger partial charge in [-0.1, -0.05) is 6.07 Å². The van der Waals surface area contributed by atoms with Crippen molar-refractivity contribution in [3.05, 3.63) is 59.7 Å². The highest BCUT2D eigenvalue weighted by molar-refractivity contribution is 7.91. The van der Waals surface area contributed by atoms with Gasteiger partial charge in [-0.3, -0.25) is 4.98 Å². The fourth-order valence-corrected chi connectivity index (χ4v) is 3.14. The number of sulfone groups is 1. The van der Waals surface area contributed by atoms with Crippen LogP contribution in [0, 0.1) is 5.82 Å². The van der Waals surface area contributed by atoms with Gasteiger partial charge in [-0.15, -0.1) is 0 Å². The zero-order valence-electron chi connectivity index (χ0n) is 10.9. The average Bonchev–Trinajstić information content (AvgIpc) is 2.46. The van der Waals surface area contributed by atoms with Gasteiger partial charge in [0.25, 0.3) is 0 Å². The maximum absolute atomic E-state index is 13.7. The van der Waals surface area contributed by atoms with Crippen molar-refractivity contribution in [3.8, 4) is 0 Å². The molecule has 0 spiro atoms. The maximum atomic E-state index is 13.7. The summed E-state index contributed by atoms with van der Waals surface area (Å²) in [6.45, 7) is 0. The Bertz CT molecular complexity index is 760. The van der Waals surface area contributed by atoms with Gasteiger partial charge in [-0.25, -0.2) is 17.6 Å². The number of carboxylic acid groups (broad SMARTS) is 1. The van der Waals surface area contributed by atoms with Crippen LogP contribution in [0.3, 0.4) is 0 Å². The Morgan fingerprint density at radius 1 is 1.24 bits per heavy atom. The summed E-state index contributed by atoms with van der Waals surface area (Å²) < 4.78 is 37.9. The van der Waals surface area contributed by atoms with Crippen molar-refractivity contribution < 1.29 is 22.7 Å². The summed E-state index contributed by atoms with van der Waals surface area (Å²) >= 11 is 0. The summed E-state index contributed by atoms with van der Waals surface area (Å²) in [5, 5.41) is 8.85. The van der Waals surface area contributed by atoms with E-state index in [1.807, 2.05) is 0 Å². The van der Waals surface area contributed by atoms with E-state index in [1.165, 1.54) is 6.20 Å². The number of carbonyl (C=O) groups is 1. The Hall–Kier alpha value is -2.28. The fraction of sp³-hybridized carbons (Fsp3) is 0.143. The Kier molecular flexibility index (Phi) is 4.32. The molecule has 1 N–H and O–H groups in total. The highest BCUT2D eigenvalue weighted by atomic mass is 32.2. The molecule has 0 aliphatic rings. The zero-order chi connectivity index (χ0) is 15.5. The molecule has 7 heteroatoms. The van der Waals surface area contributed by atoms with Crippen LogP contribution in [0.4, 0.5) is 4.39 Å². The van der Waals surface area contributed by atoms with Crippen LogP contribution in [-0.4, -0.2) is 30.2 Å². The normalized spacial score (nSPS) is 11.3. The standard InChI is InChI=1S/C14H12FNO4S/c15-12-5-4-10(14(17)18)9-13(12)21(19,20)8-6-11-3-1-2-7-16-11/h1-5,7,9H,6,8H2,(H,17,18). The first-order valence-corrected chi connectivity index (χ1v) is 7.71. The van der Waals surface area contributed by atoms with Crippen LogP contribution in [0.2, 0.25) is 0 Å². The maximum Gasteiger partial charge on any atom is 0.335 e. The molecule has 21 heavy (non-hydrogen) atoms. The molecule has 1 aromatic heterocycles. The Morgan fingerprint density at radius 2 is 2.00 bits per heavy atom.